The Morgan fingerprint density at radius 2 is 1.75 bits per heavy atom. The van der Waals surface area contributed by atoms with E-state index in [-0.39, 0.29) is 12.4 Å². The van der Waals surface area contributed by atoms with Crippen molar-refractivity contribution in [2.24, 2.45) is 5.73 Å². The van der Waals surface area contributed by atoms with Gasteiger partial charge in [-0.05, 0) is 17.7 Å². The summed E-state index contributed by atoms with van der Waals surface area (Å²) in [6.45, 7) is -0.653. The number of hydrogen-bond donors (Lipinski definition) is 2. The number of nitrogens with two attached hydrogens (primary N) is 1. The Bertz CT molecular complexity index is 758. The van der Waals surface area contributed by atoms with Gasteiger partial charge in [-0.15, -0.1) is 0 Å². The number of hydrogen-bond acceptors (Lipinski definition) is 3. The Morgan fingerprint density at radius 3 is 2.33 bits per heavy atom. The molecular formula is C16H13F3N2O3. The summed E-state index contributed by atoms with van der Waals surface area (Å²) < 4.78 is 46.1. The predicted octanol–water partition coefficient (Wildman–Crippen LogP) is 1.90. The van der Waals surface area contributed by atoms with Gasteiger partial charge in [0.25, 0.3) is 5.91 Å². The van der Waals surface area contributed by atoms with Gasteiger partial charge in [0.1, 0.15) is 35.4 Å². The minimum absolute atomic E-state index is 0.107. The Kier molecular flexibility index (Phi) is 5.41. The van der Waals surface area contributed by atoms with Gasteiger partial charge in [-0.3, -0.25) is 9.59 Å². The molecule has 0 saturated carbocycles. The summed E-state index contributed by atoms with van der Waals surface area (Å²) in [7, 11) is 0. The van der Waals surface area contributed by atoms with Gasteiger partial charge in [0.15, 0.2) is 0 Å². The average molecular weight is 338 g/mol. The van der Waals surface area contributed by atoms with Gasteiger partial charge in [-0.25, -0.2) is 13.2 Å². The third kappa shape index (κ3) is 4.48. The van der Waals surface area contributed by atoms with E-state index in [1.54, 1.807) is 6.07 Å². The highest BCUT2D eigenvalue weighted by atomic mass is 19.1. The number of halogens is 3. The normalized spacial score (nSPS) is 10.3. The molecular weight excluding hydrogens is 325 g/mol. The first-order valence-corrected chi connectivity index (χ1v) is 6.79. The number of carbonyl (C=O) groups is 2. The van der Waals surface area contributed by atoms with E-state index in [4.69, 9.17) is 10.5 Å². The van der Waals surface area contributed by atoms with Crippen LogP contribution >= 0.6 is 0 Å². The first-order valence-electron chi connectivity index (χ1n) is 6.79. The van der Waals surface area contributed by atoms with Crippen LogP contribution in [0, 0.1) is 17.5 Å². The van der Waals surface area contributed by atoms with E-state index in [0.717, 1.165) is 12.1 Å². The molecule has 0 bridgehead atoms. The van der Waals surface area contributed by atoms with Crippen LogP contribution in [0.3, 0.4) is 0 Å². The first-order chi connectivity index (χ1) is 11.4. The van der Waals surface area contributed by atoms with Crippen LogP contribution in [0.15, 0.2) is 36.4 Å². The molecule has 0 aromatic heterocycles. The molecule has 0 aliphatic heterocycles. The molecule has 2 rings (SSSR count). The van der Waals surface area contributed by atoms with Gasteiger partial charge in [-0.2, -0.15) is 0 Å². The van der Waals surface area contributed by atoms with Crippen LogP contribution in [-0.4, -0.2) is 18.4 Å². The van der Waals surface area contributed by atoms with Gasteiger partial charge < -0.3 is 15.8 Å². The molecule has 0 fully saturated rings. The number of primary amides is 1. The number of amides is 2. The number of carbonyl (C=O) groups excluding carboxylic acids is 2. The molecule has 0 aliphatic rings. The van der Waals surface area contributed by atoms with Crippen LogP contribution in [-0.2, 0) is 11.4 Å². The monoisotopic (exact) mass is 338 g/mol. The van der Waals surface area contributed by atoms with E-state index in [1.807, 2.05) is 5.32 Å². The molecule has 0 spiro atoms. The molecule has 2 aromatic carbocycles. The largest absolute Gasteiger partial charge is 0.489 e. The molecule has 5 nitrogen and oxygen atoms in total. The lowest BCUT2D eigenvalue weighted by Gasteiger charge is -2.10. The van der Waals surface area contributed by atoms with E-state index in [0.29, 0.717) is 5.56 Å². The summed E-state index contributed by atoms with van der Waals surface area (Å²) in [5, 5.41) is 1.99. The Morgan fingerprint density at radius 1 is 1.08 bits per heavy atom. The lowest BCUT2D eigenvalue weighted by Crippen LogP contribution is -2.34. The lowest BCUT2D eigenvalue weighted by molar-refractivity contribution is -0.117. The van der Waals surface area contributed by atoms with Gasteiger partial charge in [0.05, 0.1) is 6.54 Å². The third-order valence-corrected chi connectivity index (χ3v) is 2.96. The number of nitrogens with one attached hydrogen (secondary N) is 1. The Balaban J connectivity index is 2.11. The van der Waals surface area contributed by atoms with Crippen molar-refractivity contribution < 1.29 is 27.5 Å². The van der Waals surface area contributed by atoms with Crippen LogP contribution < -0.4 is 15.8 Å². The summed E-state index contributed by atoms with van der Waals surface area (Å²) in [4.78, 5) is 22.2. The van der Waals surface area contributed by atoms with Crippen molar-refractivity contribution in [3.05, 3.63) is 65.0 Å². The maximum atomic E-state index is 13.9. The molecule has 3 N–H and O–H groups in total. The zero-order valence-electron chi connectivity index (χ0n) is 12.3. The topological polar surface area (TPSA) is 81.4 Å². The quantitative estimate of drug-likeness (QED) is 0.844. The molecule has 2 aromatic rings. The second-order valence-electron chi connectivity index (χ2n) is 4.83. The lowest BCUT2D eigenvalue weighted by atomic mass is 10.1. The highest BCUT2D eigenvalue weighted by molar-refractivity contribution is 5.96. The Hall–Kier alpha value is -3.03. The maximum absolute atomic E-state index is 13.9. The van der Waals surface area contributed by atoms with Crippen LogP contribution in [0.1, 0.15) is 15.9 Å². The summed E-state index contributed by atoms with van der Waals surface area (Å²) >= 11 is 0. The smallest absolute Gasteiger partial charge is 0.257 e. The second-order valence-corrected chi connectivity index (χ2v) is 4.83. The molecule has 0 unspecified atom stereocenters. The highest BCUT2D eigenvalue weighted by Gasteiger charge is 2.19. The summed E-state index contributed by atoms with van der Waals surface area (Å²) in [5.41, 5.74) is 4.46. The van der Waals surface area contributed by atoms with Crippen molar-refractivity contribution in [1.82, 2.24) is 5.32 Å². The van der Waals surface area contributed by atoms with Crippen molar-refractivity contribution in [2.45, 2.75) is 6.61 Å². The molecule has 24 heavy (non-hydrogen) atoms. The molecule has 0 atom stereocenters. The minimum atomic E-state index is -1.16. The van der Waals surface area contributed by atoms with Crippen molar-refractivity contribution in [1.29, 1.82) is 0 Å². The van der Waals surface area contributed by atoms with Crippen molar-refractivity contribution in [2.75, 3.05) is 6.54 Å². The van der Waals surface area contributed by atoms with Gasteiger partial charge in [0, 0.05) is 12.1 Å². The van der Waals surface area contributed by atoms with Crippen molar-refractivity contribution in [3.63, 3.8) is 0 Å². The van der Waals surface area contributed by atoms with Gasteiger partial charge in [-0.1, -0.05) is 12.1 Å². The standard InChI is InChI=1S/C16H13F3N2O3/c17-10-3-1-2-9(4-10)8-24-11-5-12(18)15(13(19)6-11)16(23)21-7-14(20)22/h1-6H,7-8H2,(H2,20,22)(H,21,23). The van der Waals surface area contributed by atoms with E-state index in [2.05, 4.69) is 0 Å². The molecule has 2 amide bonds. The minimum Gasteiger partial charge on any atom is -0.489 e. The van der Waals surface area contributed by atoms with E-state index in [1.165, 1.54) is 18.2 Å². The fourth-order valence-electron chi connectivity index (χ4n) is 1.90. The Labute approximate surface area is 135 Å². The molecule has 0 heterocycles. The van der Waals surface area contributed by atoms with Crippen molar-refractivity contribution in [3.8, 4) is 5.75 Å². The molecule has 0 saturated heterocycles. The summed E-state index contributed by atoms with van der Waals surface area (Å²) in [6, 6.07) is 7.17. The van der Waals surface area contributed by atoms with Crippen molar-refractivity contribution >= 4 is 11.8 Å². The molecule has 0 aliphatic carbocycles. The zero-order chi connectivity index (χ0) is 17.7. The summed E-state index contributed by atoms with van der Waals surface area (Å²) in [6.07, 6.45) is 0. The number of benzene rings is 2. The van der Waals surface area contributed by atoms with Crippen LogP contribution in [0.2, 0.25) is 0 Å². The fourth-order valence-corrected chi connectivity index (χ4v) is 1.90. The van der Waals surface area contributed by atoms with E-state index >= 15 is 0 Å². The van der Waals surface area contributed by atoms with Crippen LogP contribution in [0.25, 0.3) is 0 Å². The fraction of sp³-hybridized carbons (Fsp3) is 0.125. The average Bonchev–Trinajstić information content (AvgIpc) is 2.50. The molecule has 0 radical (unpaired) electrons. The second kappa shape index (κ2) is 7.49. The molecule has 8 heteroatoms. The number of rotatable bonds is 6. The highest BCUT2D eigenvalue weighted by Crippen LogP contribution is 2.22. The van der Waals surface area contributed by atoms with Crippen LogP contribution in [0.4, 0.5) is 13.2 Å². The van der Waals surface area contributed by atoms with Crippen LogP contribution in [0.5, 0.6) is 5.75 Å². The van der Waals surface area contributed by atoms with E-state index < -0.39 is 41.4 Å². The van der Waals surface area contributed by atoms with Gasteiger partial charge >= 0.3 is 0 Å². The van der Waals surface area contributed by atoms with Gasteiger partial charge in [0.2, 0.25) is 5.91 Å². The number of ether oxygens (including phenoxy) is 1. The first kappa shape index (κ1) is 17.3. The predicted molar refractivity (Wildman–Crippen MR) is 78.6 cm³/mol. The molecule has 126 valence electrons. The van der Waals surface area contributed by atoms with E-state index in [9.17, 15) is 22.8 Å². The maximum Gasteiger partial charge on any atom is 0.257 e. The third-order valence-electron chi connectivity index (χ3n) is 2.96. The SMILES string of the molecule is NC(=O)CNC(=O)c1c(F)cc(OCc2cccc(F)c2)cc1F. The zero-order valence-corrected chi connectivity index (χ0v) is 12.3. The summed E-state index contributed by atoms with van der Waals surface area (Å²) in [5.74, 6) is -4.91.